The first-order valence-corrected chi connectivity index (χ1v) is 7.56. The van der Waals surface area contributed by atoms with E-state index in [-0.39, 0.29) is 5.56 Å². The molecule has 3 aromatic rings. The third kappa shape index (κ3) is 2.12. The molecule has 0 amide bonds. The molecular formula is C16H14N2OS. The Morgan fingerprint density at radius 1 is 1.10 bits per heavy atom. The minimum Gasteiger partial charge on any atom is -0.268 e. The van der Waals surface area contributed by atoms with Crippen LogP contribution in [0.25, 0.3) is 16.6 Å². The first kappa shape index (κ1) is 12.9. The number of fused-ring (bicyclic) bond motifs is 1. The molecule has 0 atom stereocenters. The van der Waals surface area contributed by atoms with Crippen LogP contribution in [0.2, 0.25) is 0 Å². The molecule has 0 saturated carbocycles. The lowest BCUT2D eigenvalue weighted by Crippen LogP contribution is -2.21. The number of rotatable bonds is 2. The molecule has 3 nitrogen and oxygen atoms in total. The van der Waals surface area contributed by atoms with E-state index in [0.29, 0.717) is 10.5 Å². The summed E-state index contributed by atoms with van der Waals surface area (Å²) in [6.07, 6.45) is 1.93. The Morgan fingerprint density at radius 2 is 1.85 bits per heavy atom. The number of nitrogens with zero attached hydrogens (tertiary/aromatic N) is 2. The largest absolute Gasteiger partial charge is 0.268 e. The molecule has 3 rings (SSSR count). The van der Waals surface area contributed by atoms with Crippen LogP contribution in [-0.2, 0) is 0 Å². The average Bonchev–Trinajstić information content (AvgIpc) is 2.48. The number of hydrogen-bond donors (Lipinski definition) is 0. The Labute approximate surface area is 121 Å². The number of aromatic nitrogens is 2. The molecule has 0 aliphatic carbocycles. The number of benzene rings is 2. The lowest BCUT2D eigenvalue weighted by atomic mass is 10.1. The van der Waals surface area contributed by atoms with Crippen LogP contribution in [0.4, 0.5) is 0 Å². The van der Waals surface area contributed by atoms with Crippen LogP contribution >= 0.6 is 11.8 Å². The summed E-state index contributed by atoms with van der Waals surface area (Å²) in [5, 5.41) is 1.37. The van der Waals surface area contributed by atoms with Crippen LogP contribution < -0.4 is 5.56 Å². The van der Waals surface area contributed by atoms with Crippen LogP contribution in [0, 0.1) is 6.92 Å². The van der Waals surface area contributed by atoms with Crippen molar-refractivity contribution in [2.75, 3.05) is 6.26 Å². The van der Waals surface area contributed by atoms with Crippen molar-refractivity contribution < 1.29 is 0 Å². The zero-order valence-corrected chi connectivity index (χ0v) is 12.1. The van der Waals surface area contributed by atoms with Gasteiger partial charge in [0.25, 0.3) is 5.56 Å². The molecule has 2 aromatic carbocycles. The van der Waals surface area contributed by atoms with E-state index in [9.17, 15) is 4.79 Å². The highest BCUT2D eigenvalue weighted by molar-refractivity contribution is 7.98. The Morgan fingerprint density at radius 3 is 2.55 bits per heavy atom. The van der Waals surface area contributed by atoms with E-state index in [4.69, 9.17) is 0 Å². The highest BCUT2D eigenvalue weighted by Crippen LogP contribution is 2.19. The molecule has 0 radical (unpaired) electrons. The Hall–Kier alpha value is -2.07. The predicted octanol–water partition coefficient (Wildman–Crippen LogP) is 3.42. The SMILES string of the molecule is CSc1nc2ccc(C)cc2c(=O)n1-c1ccccc1. The summed E-state index contributed by atoms with van der Waals surface area (Å²) >= 11 is 1.48. The summed E-state index contributed by atoms with van der Waals surface area (Å²) in [4.78, 5) is 17.4. The van der Waals surface area contributed by atoms with Gasteiger partial charge in [-0.3, -0.25) is 9.36 Å². The van der Waals surface area contributed by atoms with Gasteiger partial charge < -0.3 is 0 Å². The summed E-state index contributed by atoms with van der Waals surface area (Å²) in [6.45, 7) is 1.98. The molecule has 0 fully saturated rings. The zero-order chi connectivity index (χ0) is 14.1. The summed E-state index contributed by atoms with van der Waals surface area (Å²) < 4.78 is 1.67. The van der Waals surface area contributed by atoms with Crippen molar-refractivity contribution in [1.29, 1.82) is 0 Å². The molecule has 20 heavy (non-hydrogen) atoms. The van der Waals surface area contributed by atoms with E-state index in [2.05, 4.69) is 4.98 Å². The maximum Gasteiger partial charge on any atom is 0.266 e. The lowest BCUT2D eigenvalue weighted by molar-refractivity contribution is 0.821. The van der Waals surface area contributed by atoms with Crippen molar-refractivity contribution >= 4 is 22.7 Å². The summed E-state index contributed by atoms with van der Waals surface area (Å²) in [7, 11) is 0. The fourth-order valence-electron chi connectivity index (χ4n) is 2.22. The normalized spacial score (nSPS) is 10.9. The lowest BCUT2D eigenvalue weighted by Gasteiger charge is -2.11. The predicted molar refractivity (Wildman–Crippen MR) is 83.9 cm³/mol. The van der Waals surface area contributed by atoms with Crippen LogP contribution in [0.1, 0.15) is 5.56 Å². The molecule has 1 heterocycles. The molecule has 0 bridgehead atoms. The van der Waals surface area contributed by atoms with E-state index in [1.165, 1.54) is 11.8 Å². The molecule has 1 aromatic heterocycles. The van der Waals surface area contributed by atoms with E-state index >= 15 is 0 Å². The van der Waals surface area contributed by atoms with Gasteiger partial charge in [0.1, 0.15) is 0 Å². The molecular weight excluding hydrogens is 268 g/mol. The minimum absolute atomic E-state index is 0.0192. The summed E-state index contributed by atoms with van der Waals surface area (Å²) in [5.74, 6) is 0. The Balaban J connectivity index is 2.41. The smallest absolute Gasteiger partial charge is 0.266 e. The van der Waals surface area contributed by atoms with Crippen molar-refractivity contribution in [3.8, 4) is 5.69 Å². The third-order valence-electron chi connectivity index (χ3n) is 3.19. The maximum absolute atomic E-state index is 12.8. The van der Waals surface area contributed by atoms with Gasteiger partial charge in [0.2, 0.25) is 0 Å². The first-order valence-electron chi connectivity index (χ1n) is 6.33. The van der Waals surface area contributed by atoms with Gasteiger partial charge in [-0.15, -0.1) is 0 Å². The van der Waals surface area contributed by atoms with Gasteiger partial charge in [0.15, 0.2) is 5.16 Å². The van der Waals surface area contributed by atoms with Gasteiger partial charge in [-0.1, -0.05) is 41.6 Å². The van der Waals surface area contributed by atoms with E-state index in [0.717, 1.165) is 16.8 Å². The second-order valence-corrected chi connectivity index (χ2v) is 5.37. The van der Waals surface area contributed by atoms with Crippen molar-refractivity contribution in [2.45, 2.75) is 12.1 Å². The second kappa shape index (κ2) is 5.13. The van der Waals surface area contributed by atoms with Gasteiger partial charge in [-0.25, -0.2) is 4.98 Å². The maximum atomic E-state index is 12.8. The molecule has 0 aliphatic rings. The van der Waals surface area contributed by atoms with Crippen LogP contribution in [0.3, 0.4) is 0 Å². The minimum atomic E-state index is -0.0192. The van der Waals surface area contributed by atoms with Crippen LogP contribution in [-0.4, -0.2) is 15.8 Å². The van der Waals surface area contributed by atoms with Gasteiger partial charge in [-0.2, -0.15) is 0 Å². The standard InChI is InChI=1S/C16H14N2OS/c1-11-8-9-14-13(10-11)15(19)18(16(17-14)20-2)12-6-4-3-5-7-12/h3-10H,1-2H3. The third-order valence-corrected chi connectivity index (χ3v) is 3.83. The fourth-order valence-corrected chi connectivity index (χ4v) is 2.78. The van der Waals surface area contributed by atoms with E-state index in [1.54, 1.807) is 4.57 Å². The van der Waals surface area contributed by atoms with Gasteiger partial charge in [0.05, 0.1) is 16.6 Å². The van der Waals surface area contributed by atoms with Gasteiger partial charge in [-0.05, 0) is 37.4 Å². The summed E-state index contributed by atoms with van der Waals surface area (Å²) in [6, 6.07) is 15.4. The zero-order valence-electron chi connectivity index (χ0n) is 11.3. The fraction of sp³-hybridized carbons (Fsp3) is 0.125. The monoisotopic (exact) mass is 282 g/mol. The molecule has 0 saturated heterocycles. The van der Waals surface area contributed by atoms with Crippen LogP contribution in [0.5, 0.6) is 0 Å². The van der Waals surface area contributed by atoms with E-state index in [1.807, 2.05) is 61.7 Å². The first-order chi connectivity index (χ1) is 9.70. The molecule has 0 unspecified atom stereocenters. The Kier molecular flexibility index (Phi) is 3.32. The quantitative estimate of drug-likeness (QED) is 0.533. The molecule has 0 spiro atoms. The molecule has 100 valence electrons. The van der Waals surface area contributed by atoms with Crippen LogP contribution in [0.15, 0.2) is 58.5 Å². The molecule has 4 heteroatoms. The van der Waals surface area contributed by atoms with Gasteiger partial charge in [0, 0.05) is 0 Å². The number of para-hydroxylation sites is 1. The van der Waals surface area contributed by atoms with E-state index < -0.39 is 0 Å². The second-order valence-electron chi connectivity index (χ2n) is 4.60. The Bertz CT molecular complexity index is 825. The highest BCUT2D eigenvalue weighted by Gasteiger charge is 2.11. The van der Waals surface area contributed by atoms with Gasteiger partial charge >= 0.3 is 0 Å². The van der Waals surface area contributed by atoms with Crippen molar-refractivity contribution in [2.24, 2.45) is 0 Å². The number of hydrogen-bond acceptors (Lipinski definition) is 3. The number of thioether (sulfide) groups is 1. The van der Waals surface area contributed by atoms with Crippen molar-refractivity contribution in [1.82, 2.24) is 9.55 Å². The topological polar surface area (TPSA) is 34.9 Å². The average molecular weight is 282 g/mol. The number of aryl methyl sites for hydroxylation is 1. The van der Waals surface area contributed by atoms with Crippen molar-refractivity contribution in [3.63, 3.8) is 0 Å². The summed E-state index contributed by atoms with van der Waals surface area (Å²) in [5.41, 5.74) is 2.64. The molecule has 0 N–H and O–H groups in total. The highest BCUT2D eigenvalue weighted by atomic mass is 32.2. The van der Waals surface area contributed by atoms with Crippen molar-refractivity contribution in [3.05, 3.63) is 64.4 Å². The molecule has 0 aliphatic heterocycles.